The van der Waals surface area contributed by atoms with Gasteiger partial charge >= 0.3 is 6.61 Å². The van der Waals surface area contributed by atoms with Crippen molar-refractivity contribution in [3.8, 4) is 5.75 Å². The highest BCUT2D eigenvalue weighted by molar-refractivity contribution is 7.91. The van der Waals surface area contributed by atoms with Gasteiger partial charge in [0.1, 0.15) is 9.96 Å². The Labute approximate surface area is 153 Å². The molecule has 10 heteroatoms. The molecular weight excluding hydrogens is 386 g/mol. The summed E-state index contributed by atoms with van der Waals surface area (Å²) in [6.07, 6.45) is 0. The van der Waals surface area contributed by atoms with Crippen LogP contribution in [-0.2, 0) is 10.0 Å². The fourth-order valence-electron chi connectivity index (χ4n) is 2.63. The molecule has 0 unspecified atom stereocenters. The Morgan fingerprint density at radius 3 is 2.27 bits per heavy atom. The average molecular weight is 402 g/mol. The number of benzene rings is 1. The van der Waals surface area contributed by atoms with Crippen molar-refractivity contribution in [3.63, 3.8) is 0 Å². The number of halogens is 2. The molecule has 0 bridgehead atoms. The van der Waals surface area contributed by atoms with Crippen LogP contribution in [0.5, 0.6) is 5.75 Å². The molecule has 1 fully saturated rings. The summed E-state index contributed by atoms with van der Waals surface area (Å²) < 4.78 is 55.2. The Morgan fingerprint density at radius 2 is 1.73 bits per heavy atom. The Morgan fingerprint density at radius 1 is 1.08 bits per heavy atom. The quantitative estimate of drug-likeness (QED) is 0.771. The smallest absolute Gasteiger partial charge is 0.387 e. The van der Waals surface area contributed by atoms with Crippen molar-refractivity contribution >= 4 is 27.3 Å². The zero-order valence-electron chi connectivity index (χ0n) is 13.5. The molecule has 0 radical (unpaired) electrons. The summed E-state index contributed by atoms with van der Waals surface area (Å²) in [7, 11) is -3.52. The number of ether oxygens (including phenoxy) is 1. The standard InChI is InChI=1S/C16H16F2N2O4S2/c17-16(18)24-13-5-3-12(4-6-13)15(21)19-7-9-20(10-8-19)26(22,23)14-2-1-11-25-14/h1-6,11,16H,7-10H2. The summed E-state index contributed by atoms with van der Waals surface area (Å²) >= 11 is 1.16. The van der Waals surface area contributed by atoms with E-state index in [0.717, 1.165) is 11.3 Å². The predicted molar refractivity (Wildman–Crippen MR) is 92.1 cm³/mol. The van der Waals surface area contributed by atoms with Crippen molar-refractivity contribution in [3.05, 3.63) is 47.3 Å². The number of carbonyl (C=O) groups is 1. The summed E-state index contributed by atoms with van der Waals surface area (Å²) in [5.74, 6) is -0.301. The second kappa shape index (κ2) is 7.68. The van der Waals surface area contributed by atoms with E-state index in [1.54, 1.807) is 22.4 Å². The Balaban J connectivity index is 1.62. The molecule has 1 aromatic heterocycles. The number of piperazine rings is 1. The van der Waals surface area contributed by atoms with Gasteiger partial charge in [-0.1, -0.05) is 6.07 Å². The minimum absolute atomic E-state index is 0.0246. The molecule has 0 atom stereocenters. The van der Waals surface area contributed by atoms with E-state index in [9.17, 15) is 22.0 Å². The Bertz CT molecular complexity index is 847. The van der Waals surface area contributed by atoms with Crippen LogP contribution in [0.1, 0.15) is 10.4 Å². The molecule has 1 aliphatic heterocycles. The van der Waals surface area contributed by atoms with Crippen LogP contribution in [0.4, 0.5) is 8.78 Å². The zero-order chi connectivity index (χ0) is 18.7. The van der Waals surface area contributed by atoms with Crippen LogP contribution in [0.3, 0.4) is 0 Å². The number of amides is 1. The van der Waals surface area contributed by atoms with Crippen molar-refractivity contribution in [1.29, 1.82) is 0 Å². The molecule has 0 aliphatic carbocycles. The highest BCUT2D eigenvalue weighted by Gasteiger charge is 2.30. The minimum Gasteiger partial charge on any atom is -0.435 e. The molecule has 0 N–H and O–H groups in total. The van der Waals surface area contributed by atoms with Gasteiger partial charge in [-0.15, -0.1) is 11.3 Å². The molecule has 140 valence electrons. The largest absolute Gasteiger partial charge is 0.435 e. The van der Waals surface area contributed by atoms with E-state index in [2.05, 4.69) is 4.74 Å². The lowest BCUT2D eigenvalue weighted by Gasteiger charge is -2.33. The third-order valence-electron chi connectivity index (χ3n) is 3.94. The maximum Gasteiger partial charge on any atom is 0.387 e. The van der Waals surface area contributed by atoms with Gasteiger partial charge in [0.05, 0.1) is 0 Å². The molecular formula is C16H16F2N2O4S2. The first-order chi connectivity index (χ1) is 12.4. The first kappa shape index (κ1) is 18.7. The first-order valence-electron chi connectivity index (χ1n) is 7.76. The number of hydrogen-bond donors (Lipinski definition) is 0. The summed E-state index contributed by atoms with van der Waals surface area (Å²) in [6, 6.07) is 8.66. The van der Waals surface area contributed by atoms with E-state index >= 15 is 0 Å². The van der Waals surface area contributed by atoms with Gasteiger partial charge < -0.3 is 9.64 Å². The van der Waals surface area contributed by atoms with Gasteiger partial charge in [0.25, 0.3) is 15.9 Å². The van der Waals surface area contributed by atoms with Crippen LogP contribution in [-0.4, -0.2) is 56.3 Å². The topological polar surface area (TPSA) is 66.9 Å². The molecule has 1 amide bonds. The van der Waals surface area contributed by atoms with Crippen molar-refractivity contribution in [1.82, 2.24) is 9.21 Å². The SMILES string of the molecule is O=C(c1ccc(OC(F)F)cc1)N1CCN(S(=O)(=O)c2cccs2)CC1. The lowest BCUT2D eigenvalue weighted by molar-refractivity contribution is -0.0498. The lowest BCUT2D eigenvalue weighted by atomic mass is 10.2. The lowest BCUT2D eigenvalue weighted by Crippen LogP contribution is -2.50. The van der Waals surface area contributed by atoms with Crippen molar-refractivity contribution in [2.45, 2.75) is 10.8 Å². The molecule has 6 nitrogen and oxygen atoms in total. The fraction of sp³-hybridized carbons (Fsp3) is 0.312. The molecule has 1 aromatic carbocycles. The molecule has 2 heterocycles. The van der Waals surface area contributed by atoms with E-state index < -0.39 is 16.6 Å². The monoisotopic (exact) mass is 402 g/mol. The second-order valence-electron chi connectivity index (χ2n) is 5.53. The van der Waals surface area contributed by atoms with E-state index in [1.807, 2.05) is 0 Å². The number of hydrogen-bond acceptors (Lipinski definition) is 5. The normalized spacial score (nSPS) is 16.0. The fourth-order valence-corrected chi connectivity index (χ4v) is 5.20. The van der Waals surface area contributed by atoms with E-state index in [1.165, 1.54) is 28.6 Å². The van der Waals surface area contributed by atoms with Crippen LogP contribution in [0, 0.1) is 0 Å². The zero-order valence-corrected chi connectivity index (χ0v) is 15.2. The van der Waals surface area contributed by atoms with Crippen LogP contribution in [0.2, 0.25) is 0 Å². The van der Waals surface area contributed by atoms with E-state index in [4.69, 9.17) is 0 Å². The third kappa shape index (κ3) is 4.02. The predicted octanol–water partition coefficient (Wildman–Crippen LogP) is 2.50. The molecule has 26 heavy (non-hydrogen) atoms. The molecule has 3 rings (SSSR count). The van der Waals surface area contributed by atoms with Crippen molar-refractivity contribution in [2.75, 3.05) is 26.2 Å². The van der Waals surface area contributed by atoms with Crippen LogP contribution < -0.4 is 4.74 Å². The van der Waals surface area contributed by atoms with Gasteiger partial charge in [0.15, 0.2) is 0 Å². The summed E-state index contributed by atoms with van der Waals surface area (Å²) in [4.78, 5) is 14.0. The van der Waals surface area contributed by atoms with Crippen LogP contribution >= 0.6 is 11.3 Å². The van der Waals surface area contributed by atoms with Gasteiger partial charge in [0, 0.05) is 31.7 Å². The number of thiophene rings is 1. The number of sulfonamides is 1. The molecule has 0 spiro atoms. The van der Waals surface area contributed by atoms with Crippen LogP contribution in [0.15, 0.2) is 46.0 Å². The molecule has 0 saturated carbocycles. The highest BCUT2D eigenvalue weighted by atomic mass is 32.2. The number of alkyl halides is 2. The first-order valence-corrected chi connectivity index (χ1v) is 10.1. The Hall–Kier alpha value is -2.04. The van der Waals surface area contributed by atoms with Gasteiger partial charge in [-0.25, -0.2) is 8.42 Å². The Kier molecular flexibility index (Phi) is 5.54. The van der Waals surface area contributed by atoms with Crippen LogP contribution in [0.25, 0.3) is 0 Å². The maximum atomic E-state index is 12.5. The molecule has 1 aliphatic rings. The molecule has 1 saturated heterocycles. The van der Waals surface area contributed by atoms with Crippen molar-refractivity contribution in [2.24, 2.45) is 0 Å². The second-order valence-corrected chi connectivity index (χ2v) is 8.64. The minimum atomic E-state index is -3.52. The average Bonchev–Trinajstić information content (AvgIpc) is 3.17. The number of nitrogens with zero attached hydrogens (tertiary/aromatic N) is 2. The summed E-state index contributed by atoms with van der Waals surface area (Å²) in [5.41, 5.74) is 0.334. The van der Waals surface area contributed by atoms with Gasteiger partial charge in [-0.05, 0) is 35.7 Å². The highest BCUT2D eigenvalue weighted by Crippen LogP contribution is 2.23. The van der Waals surface area contributed by atoms with Gasteiger partial charge in [-0.3, -0.25) is 4.79 Å². The maximum absolute atomic E-state index is 12.5. The van der Waals surface area contributed by atoms with E-state index in [0.29, 0.717) is 5.56 Å². The number of carbonyl (C=O) groups excluding carboxylic acids is 1. The molecule has 2 aromatic rings. The summed E-state index contributed by atoms with van der Waals surface area (Å²) in [6.45, 7) is -1.98. The third-order valence-corrected chi connectivity index (χ3v) is 7.21. The van der Waals surface area contributed by atoms with Gasteiger partial charge in [0.2, 0.25) is 0 Å². The summed E-state index contributed by atoms with van der Waals surface area (Å²) in [5, 5.41) is 1.70. The van der Waals surface area contributed by atoms with Gasteiger partial charge in [-0.2, -0.15) is 13.1 Å². The van der Waals surface area contributed by atoms with E-state index in [-0.39, 0.29) is 42.0 Å². The van der Waals surface area contributed by atoms with Crippen molar-refractivity contribution < 1.29 is 26.7 Å². The number of rotatable bonds is 5.